The number of benzene rings is 2. The van der Waals surface area contributed by atoms with Crippen molar-refractivity contribution in [3.63, 3.8) is 0 Å². The van der Waals surface area contributed by atoms with E-state index in [1.165, 1.54) is 12.1 Å². The number of alkyl halides is 2. The molecule has 0 bridgehead atoms. The molecule has 1 atom stereocenters. The van der Waals surface area contributed by atoms with Crippen molar-refractivity contribution in [2.75, 3.05) is 6.54 Å². The number of carbonyl (C=O) groups is 1. The highest BCUT2D eigenvalue weighted by Crippen LogP contribution is 2.52. The van der Waals surface area contributed by atoms with Gasteiger partial charge in [-0.15, -0.1) is 8.78 Å². The maximum atomic E-state index is 13.4. The summed E-state index contributed by atoms with van der Waals surface area (Å²) in [5.74, 6) is -0.0643. The van der Waals surface area contributed by atoms with Gasteiger partial charge in [-0.25, -0.2) is 0 Å². The molecule has 5 rings (SSSR count). The fourth-order valence-corrected chi connectivity index (χ4v) is 5.10. The predicted octanol–water partition coefficient (Wildman–Crippen LogP) is 5.77. The van der Waals surface area contributed by atoms with Crippen LogP contribution in [0.15, 0.2) is 47.6 Å². The zero-order valence-corrected chi connectivity index (χ0v) is 20.9. The number of aromatic nitrogens is 1. The topological polar surface area (TPSA) is 109 Å². The van der Waals surface area contributed by atoms with Gasteiger partial charge in [0.05, 0.1) is 18.1 Å². The molecule has 2 heterocycles. The SMILES string of the molecule is CC(C)(C)c1cc2cc(CC(=O)C3(c4ccc5c(c4)OC(F)(F)O5)CC3)ccc2n1C[C@@H](O)CN=[N+]=[N-]. The number of halogens is 2. The molecule has 0 spiro atoms. The fraction of sp³-hybridized carbons (Fsp3) is 0.444. The van der Waals surface area contributed by atoms with Crippen molar-refractivity contribution < 1.29 is 28.2 Å². The average molecular weight is 511 g/mol. The van der Waals surface area contributed by atoms with Crippen molar-refractivity contribution in [3.8, 4) is 11.5 Å². The summed E-state index contributed by atoms with van der Waals surface area (Å²) in [5.41, 5.74) is 11.1. The molecule has 2 aliphatic rings. The van der Waals surface area contributed by atoms with E-state index in [-0.39, 0.29) is 42.2 Å². The highest BCUT2D eigenvalue weighted by Gasteiger charge is 2.52. The molecule has 0 saturated heterocycles. The Morgan fingerprint density at radius 2 is 1.89 bits per heavy atom. The Kier molecular flexibility index (Phi) is 5.92. The Morgan fingerprint density at radius 1 is 1.16 bits per heavy atom. The fourth-order valence-electron chi connectivity index (χ4n) is 5.10. The molecule has 0 radical (unpaired) electrons. The molecule has 1 aliphatic heterocycles. The summed E-state index contributed by atoms with van der Waals surface area (Å²) >= 11 is 0. The Labute approximate surface area is 212 Å². The van der Waals surface area contributed by atoms with Gasteiger partial charge in [0.1, 0.15) is 5.78 Å². The predicted molar refractivity (Wildman–Crippen MR) is 133 cm³/mol. The number of carbonyl (C=O) groups excluding carboxylic acids is 1. The van der Waals surface area contributed by atoms with E-state index in [0.717, 1.165) is 22.2 Å². The summed E-state index contributed by atoms with van der Waals surface area (Å²) in [5, 5.41) is 14.8. The van der Waals surface area contributed by atoms with Crippen LogP contribution in [0.5, 0.6) is 11.5 Å². The number of hydrogen-bond acceptors (Lipinski definition) is 5. The molecular weight excluding hydrogens is 482 g/mol. The van der Waals surface area contributed by atoms with Crippen LogP contribution in [-0.2, 0) is 28.6 Å². The maximum Gasteiger partial charge on any atom is 0.586 e. The van der Waals surface area contributed by atoms with Crippen molar-refractivity contribution in [2.45, 2.75) is 69.8 Å². The minimum Gasteiger partial charge on any atom is -0.395 e. The number of azide groups is 1. The molecular formula is C27H28F2N4O4. The van der Waals surface area contributed by atoms with E-state index in [4.69, 9.17) is 5.53 Å². The number of ether oxygens (including phenoxy) is 2. The maximum absolute atomic E-state index is 13.4. The van der Waals surface area contributed by atoms with Crippen LogP contribution >= 0.6 is 0 Å². The minimum atomic E-state index is -3.70. The Morgan fingerprint density at radius 3 is 2.57 bits per heavy atom. The molecule has 1 aliphatic carbocycles. The summed E-state index contributed by atoms with van der Waals surface area (Å²) < 4.78 is 38.0. The van der Waals surface area contributed by atoms with Crippen molar-refractivity contribution in [2.24, 2.45) is 5.11 Å². The van der Waals surface area contributed by atoms with Crippen LogP contribution in [0.2, 0.25) is 0 Å². The van der Waals surface area contributed by atoms with Crippen LogP contribution in [0.3, 0.4) is 0 Å². The number of nitrogens with zero attached hydrogens (tertiary/aromatic N) is 4. The van der Waals surface area contributed by atoms with Gasteiger partial charge in [0.15, 0.2) is 11.5 Å². The van der Waals surface area contributed by atoms with Crippen molar-refractivity contribution in [1.82, 2.24) is 4.57 Å². The van der Waals surface area contributed by atoms with E-state index in [1.54, 1.807) is 6.07 Å². The van der Waals surface area contributed by atoms with E-state index < -0.39 is 17.8 Å². The molecule has 1 aromatic heterocycles. The Balaban J connectivity index is 1.40. The summed E-state index contributed by atoms with van der Waals surface area (Å²) in [6.45, 7) is 6.51. The summed E-state index contributed by atoms with van der Waals surface area (Å²) in [6, 6.07) is 12.5. The molecule has 0 unspecified atom stereocenters. The quantitative estimate of drug-likeness (QED) is 0.235. The summed E-state index contributed by atoms with van der Waals surface area (Å²) in [6.07, 6.45) is -3.02. The van der Waals surface area contributed by atoms with Crippen molar-refractivity contribution in [1.29, 1.82) is 0 Å². The number of aliphatic hydroxyl groups is 1. The van der Waals surface area contributed by atoms with Crippen LogP contribution in [0, 0.1) is 0 Å². The molecule has 1 N–H and O–H groups in total. The molecule has 10 heteroatoms. The normalized spacial score (nSPS) is 17.9. The summed E-state index contributed by atoms with van der Waals surface area (Å²) in [7, 11) is 0. The number of Topliss-reactive ketones (excluding diaryl/α,β-unsaturated/α-hetero) is 1. The van der Waals surface area contributed by atoms with Gasteiger partial charge in [-0.3, -0.25) is 4.79 Å². The first-order valence-electron chi connectivity index (χ1n) is 12.2. The minimum absolute atomic E-state index is 0.0219. The summed E-state index contributed by atoms with van der Waals surface area (Å²) in [4.78, 5) is 16.2. The molecule has 3 aromatic rings. The van der Waals surface area contributed by atoms with E-state index in [0.29, 0.717) is 18.4 Å². The third-order valence-corrected chi connectivity index (χ3v) is 7.09. The van der Waals surface area contributed by atoms with Gasteiger partial charge in [-0.05, 0) is 59.8 Å². The lowest BCUT2D eigenvalue weighted by molar-refractivity contribution is -0.286. The first-order chi connectivity index (χ1) is 17.4. The third-order valence-electron chi connectivity index (χ3n) is 7.09. The van der Waals surface area contributed by atoms with Crippen LogP contribution < -0.4 is 9.47 Å². The smallest absolute Gasteiger partial charge is 0.395 e. The first-order valence-corrected chi connectivity index (χ1v) is 12.2. The number of rotatable bonds is 8. The Bertz CT molecular complexity index is 1430. The zero-order valence-electron chi connectivity index (χ0n) is 20.9. The van der Waals surface area contributed by atoms with E-state index in [1.807, 2.05) is 22.8 Å². The largest absolute Gasteiger partial charge is 0.586 e. The van der Waals surface area contributed by atoms with Gasteiger partial charge in [-0.2, -0.15) is 0 Å². The van der Waals surface area contributed by atoms with Crippen LogP contribution in [0.4, 0.5) is 8.78 Å². The molecule has 2 aromatic carbocycles. The lowest BCUT2D eigenvalue weighted by Gasteiger charge is -2.23. The average Bonchev–Trinajstić information content (AvgIpc) is 3.46. The lowest BCUT2D eigenvalue weighted by Crippen LogP contribution is -2.26. The van der Waals surface area contributed by atoms with Crippen molar-refractivity contribution in [3.05, 3.63) is 69.7 Å². The van der Waals surface area contributed by atoms with Crippen LogP contribution in [0.1, 0.15) is 50.4 Å². The van der Waals surface area contributed by atoms with Gasteiger partial charge < -0.3 is 19.1 Å². The second-order valence-electron chi connectivity index (χ2n) is 10.9. The molecule has 1 fully saturated rings. The second-order valence-corrected chi connectivity index (χ2v) is 10.9. The Hall–Kier alpha value is -3.62. The van der Waals surface area contributed by atoms with Crippen LogP contribution in [-0.4, -0.2) is 34.4 Å². The molecule has 1 saturated carbocycles. The van der Waals surface area contributed by atoms with E-state index in [2.05, 4.69) is 46.3 Å². The van der Waals surface area contributed by atoms with Gasteiger partial charge in [0.25, 0.3) is 0 Å². The van der Waals surface area contributed by atoms with Crippen molar-refractivity contribution >= 4 is 16.7 Å². The third kappa shape index (κ3) is 4.74. The molecule has 8 nitrogen and oxygen atoms in total. The molecule has 194 valence electrons. The van der Waals surface area contributed by atoms with E-state index >= 15 is 0 Å². The van der Waals surface area contributed by atoms with E-state index in [9.17, 15) is 18.7 Å². The lowest BCUT2D eigenvalue weighted by atomic mass is 9.87. The zero-order chi connectivity index (χ0) is 26.6. The number of hydrogen-bond donors (Lipinski definition) is 1. The standard InChI is InChI=1S/C27H28F2N4O4/c1-25(2,3)23-12-17-10-16(4-6-20(17)33(23)15-19(34)14-31-32-30)11-24(35)26(8-9-26)18-5-7-21-22(13-18)37-27(28,29)36-21/h4-7,10,12-13,19,34H,8-9,11,14-15H2,1-3H3/t19-/m0/s1. The monoisotopic (exact) mass is 510 g/mol. The number of aliphatic hydroxyl groups excluding tert-OH is 1. The molecule has 37 heavy (non-hydrogen) atoms. The highest BCUT2D eigenvalue weighted by atomic mass is 19.3. The molecule has 0 amide bonds. The van der Waals surface area contributed by atoms with Gasteiger partial charge in [0, 0.05) is 39.9 Å². The second kappa shape index (κ2) is 8.75. The van der Waals surface area contributed by atoms with Crippen LogP contribution in [0.25, 0.3) is 21.3 Å². The van der Waals surface area contributed by atoms with Gasteiger partial charge >= 0.3 is 6.29 Å². The number of ketones is 1. The highest BCUT2D eigenvalue weighted by molar-refractivity contribution is 5.95. The first kappa shape index (κ1) is 25.0. The number of fused-ring (bicyclic) bond motifs is 2. The van der Waals surface area contributed by atoms with Gasteiger partial charge in [0.2, 0.25) is 0 Å². The van der Waals surface area contributed by atoms with Gasteiger partial charge in [-0.1, -0.05) is 38.0 Å².